The number of halogens is 1. The van der Waals surface area contributed by atoms with E-state index in [1.165, 1.54) is 0 Å². The molecule has 4 aromatic rings. The Kier molecular flexibility index (Phi) is 8.49. The summed E-state index contributed by atoms with van der Waals surface area (Å²) in [6, 6.07) is 16.3. The highest BCUT2D eigenvalue weighted by Crippen LogP contribution is 2.37. The molecule has 262 valence electrons. The van der Waals surface area contributed by atoms with Crippen molar-refractivity contribution in [1.29, 1.82) is 0 Å². The summed E-state index contributed by atoms with van der Waals surface area (Å²) in [5.41, 5.74) is 5.00. The Morgan fingerprint density at radius 2 is 1.63 bits per heavy atom. The van der Waals surface area contributed by atoms with Crippen LogP contribution in [-0.2, 0) is 16.1 Å². The average Bonchev–Trinajstić information content (AvgIpc) is 3.68. The van der Waals surface area contributed by atoms with Gasteiger partial charge in [-0.2, -0.15) is 5.10 Å². The van der Waals surface area contributed by atoms with Crippen LogP contribution in [0.25, 0.3) is 22.0 Å². The third kappa shape index (κ3) is 5.81. The topological polar surface area (TPSA) is 128 Å². The average molecular weight is 708 g/mol. The minimum Gasteiger partial charge on any atom is -0.371 e. The fraction of sp³-hybridized carbons (Fsp3) is 0.368. The molecule has 3 aromatic carbocycles. The summed E-state index contributed by atoms with van der Waals surface area (Å²) in [5.74, 6) is -1.71. The number of amides is 6. The van der Waals surface area contributed by atoms with Crippen molar-refractivity contribution in [2.45, 2.75) is 51.6 Å². The third-order valence-corrected chi connectivity index (χ3v) is 11.1. The number of hydrogen-bond donors (Lipinski definition) is 1. The normalized spacial score (nSPS) is 20.1. The maximum atomic E-state index is 13.9. The molecular formula is C38H38ClN7O5. The van der Waals surface area contributed by atoms with E-state index < -0.39 is 29.7 Å². The maximum Gasteiger partial charge on any atom is 0.324 e. The largest absolute Gasteiger partial charge is 0.371 e. The van der Waals surface area contributed by atoms with Gasteiger partial charge in [-0.1, -0.05) is 35.9 Å². The first-order valence-corrected chi connectivity index (χ1v) is 18.0. The van der Waals surface area contributed by atoms with E-state index in [9.17, 15) is 24.0 Å². The van der Waals surface area contributed by atoms with Crippen LogP contribution in [0.3, 0.4) is 0 Å². The number of carbonyl (C=O) groups is 5. The molecule has 0 bridgehead atoms. The van der Waals surface area contributed by atoms with Crippen LogP contribution in [0.5, 0.6) is 0 Å². The molecule has 0 aliphatic carbocycles. The van der Waals surface area contributed by atoms with Crippen LogP contribution in [0, 0.1) is 5.92 Å². The number of imide groups is 2. The summed E-state index contributed by atoms with van der Waals surface area (Å²) in [6.07, 6.45) is 4.65. The first-order chi connectivity index (χ1) is 24.7. The Balaban J connectivity index is 0.913. The number of piperidine rings is 2. The number of carbonyl (C=O) groups excluding carboxylic acids is 5. The van der Waals surface area contributed by atoms with Crippen LogP contribution in [-0.4, -0.2) is 88.0 Å². The Bertz CT molecular complexity index is 2110. The molecule has 4 aliphatic heterocycles. The quantitative estimate of drug-likeness (QED) is 0.258. The van der Waals surface area contributed by atoms with Gasteiger partial charge < -0.3 is 9.80 Å². The highest BCUT2D eigenvalue weighted by Gasteiger charge is 2.45. The number of urea groups is 1. The summed E-state index contributed by atoms with van der Waals surface area (Å²) < 4.78 is 1.90. The molecule has 6 amide bonds. The molecule has 13 heteroatoms. The van der Waals surface area contributed by atoms with Crippen molar-refractivity contribution >= 4 is 63.5 Å². The zero-order valence-electron chi connectivity index (χ0n) is 28.3. The molecular weight excluding hydrogens is 670 g/mol. The third-order valence-electron chi connectivity index (χ3n) is 10.7. The van der Waals surface area contributed by atoms with Crippen LogP contribution in [0.1, 0.15) is 59.7 Å². The highest BCUT2D eigenvalue weighted by molar-refractivity contribution is 6.38. The molecule has 51 heavy (non-hydrogen) atoms. The van der Waals surface area contributed by atoms with Crippen molar-refractivity contribution in [2.75, 3.05) is 42.5 Å². The van der Waals surface area contributed by atoms with Crippen molar-refractivity contribution < 1.29 is 24.0 Å². The molecule has 0 saturated carbocycles. The second kappa shape index (κ2) is 13.1. The molecule has 3 saturated heterocycles. The molecule has 1 unspecified atom stereocenters. The van der Waals surface area contributed by atoms with E-state index in [1.54, 1.807) is 12.1 Å². The van der Waals surface area contributed by atoms with Gasteiger partial charge in [0.05, 0.1) is 27.9 Å². The van der Waals surface area contributed by atoms with E-state index in [2.05, 4.69) is 15.3 Å². The number of anilines is 2. The molecule has 1 atom stereocenters. The predicted octanol–water partition coefficient (Wildman–Crippen LogP) is 5.33. The number of rotatable bonds is 7. The highest BCUT2D eigenvalue weighted by atomic mass is 35.5. The summed E-state index contributed by atoms with van der Waals surface area (Å²) in [5, 5.41) is 8.33. The van der Waals surface area contributed by atoms with E-state index in [4.69, 9.17) is 11.6 Å². The lowest BCUT2D eigenvalue weighted by Gasteiger charge is -2.40. The number of hydrogen-bond acceptors (Lipinski definition) is 7. The Hall–Kier alpha value is -5.23. The maximum absolute atomic E-state index is 13.9. The second-order valence-electron chi connectivity index (χ2n) is 13.7. The Morgan fingerprint density at radius 3 is 2.41 bits per heavy atom. The van der Waals surface area contributed by atoms with Crippen molar-refractivity contribution in [1.82, 2.24) is 24.9 Å². The van der Waals surface area contributed by atoms with Crippen molar-refractivity contribution in [3.05, 3.63) is 76.9 Å². The summed E-state index contributed by atoms with van der Waals surface area (Å²) in [6.45, 7) is 6.28. The molecule has 1 aromatic heterocycles. The van der Waals surface area contributed by atoms with Gasteiger partial charge in [0.2, 0.25) is 11.8 Å². The SMILES string of the molecule is CCn1ncc2ccc(-c3cccc(N4CCCN(CC5CCN(c6ccc7c(c6)C(=O)N(C6CCC(=O)NC6=O)C7=O)CC5)C4=O)c3)c(Cl)c21. The number of fused-ring (bicyclic) bond motifs is 2. The first kappa shape index (κ1) is 32.9. The van der Waals surface area contributed by atoms with E-state index in [1.807, 2.05) is 70.1 Å². The standard InChI is InChI=1S/C38H38ClN7O5/c1-2-45-34-25(21-40-45)7-9-28(33(34)39)24-5-3-6-27(19-24)44-16-4-15-43(38(44)51)22-23-13-17-42(18-14-23)26-8-10-29-30(20-26)37(50)46(36(29)49)31-11-12-32(47)41-35(31)48/h3,5-10,19-21,23,31H,2,4,11-18,22H2,1H3,(H,41,47,48). The lowest BCUT2D eigenvalue weighted by Crippen LogP contribution is -2.54. The van der Waals surface area contributed by atoms with Crippen LogP contribution in [0.2, 0.25) is 5.02 Å². The van der Waals surface area contributed by atoms with Gasteiger partial charge in [0.1, 0.15) is 6.04 Å². The minimum absolute atomic E-state index is 0.00816. The van der Waals surface area contributed by atoms with Gasteiger partial charge in [0.15, 0.2) is 0 Å². The lowest BCUT2D eigenvalue weighted by atomic mass is 9.95. The zero-order valence-corrected chi connectivity index (χ0v) is 29.1. The first-order valence-electron chi connectivity index (χ1n) is 17.6. The van der Waals surface area contributed by atoms with E-state index in [0.29, 0.717) is 37.1 Å². The van der Waals surface area contributed by atoms with Gasteiger partial charge in [-0.15, -0.1) is 0 Å². The van der Waals surface area contributed by atoms with Crippen LogP contribution in [0.15, 0.2) is 60.8 Å². The number of benzene rings is 3. The van der Waals surface area contributed by atoms with Crippen LogP contribution >= 0.6 is 11.6 Å². The fourth-order valence-corrected chi connectivity index (χ4v) is 8.35. The van der Waals surface area contributed by atoms with E-state index in [0.717, 1.165) is 70.7 Å². The van der Waals surface area contributed by atoms with Gasteiger partial charge in [0, 0.05) is 68.0 Å². The van der Waals surface area contributed by atoms with E-state index >= 15 is 0 Å². The fourth-order valence-electron chi connectivity index (χ4n) is 7.97. The Labute approximate surface area is 299 Å². The zero-order chi connectivity index (χ0) is 35.4. The van der Waals surface area contributed by atoms with Gasteiger partial charge in [-0.3, -0.25) is 39.0 Å². The molecule has 3 fully saturated rings. The minimum atomic E-state index is -0.989. The number of nitrogens with one attached hydrogen (secondary N) is 1. The number of aryl methyl sites for hydroxylation is 1. The van der Waals surface area contributed by atoms with E-state index in [-0.39, 0.29) is 30.0 Å². The van der Waals surface area contributed by atoms with Crippen molar-refractivity contribution in [3.8, 4) is 11.1 Å². The van der Waals surface area contributed by atoms with Crippen molar-refractivity contribution in [2.24, 2.45) is 5.92 Å². The Morgan fingerprint density at radius 1 is 0.843 bits per heavy atom. The second-order valence-corrected chi connectivity index (χ2v) is 14.1. The van der Waals surface area contributed by atoms with Gasteiger partial charge in [0.25, 0.3) is 11.8 Å². The lowest BCUT2D eigenvalue weighted by molar-refractivity contribution is -0.136. The summed E-state index contributed by atoms with van der Waals surface area (Å²) in [4.78, 5) is 71.4. The van der Waals surface area contributed by atoms with Gasteiger partial charge in [-0.25, -0.2) is 4.79 Å². The molecule has 0 radical (unpaired) electrons. The molecule has 12 nitrogen and oxygen atoms in total. The predicted molar refractivity (Wildman–Crippen MR) is 193 cm³/mol. The molecule has 5 heterocycles. The van der Waals surface area contributed by atoms with Crippen LogP contribution in [0.4, 0.5) is 16.2 Å². The smallest absolute Gasteiger partial charge is 0.324 e. The summed E-state index contributed by atoms with van der Waals surface area (Å²) in [7, 11) is 0. The van der Waals surface area contributed by atoms with Crippen LogP contribution < -0.4 is 15.1 Å². The number of aromatic nitrogens is 2. The van der Waals surface area contributed by atoms with Crippen molar-refractivity contribution in [3.63, 3.8) is 0 Å². The number of nitrogens with zero attached hydrogens (tertiary/aromatic N) is 6. The molecule has 8 rings (SSSR count). The van der Waals surface area contributed by atoms with Gasteiger partial charge >= 0.3 is 6.03 Å². The monoisotopic (exact) mass is 707 g/mol. The van der Waals surface area contributed by atoms with Gasteiger partial charge in [-0.05, 0) is 74.4 Å². The molecule has 4 aliphatic rings. The molecule has 1 N–H and O–H groups in total. The molecule has 0 spiro atoms. The summed E-state index contributed by atoms with van der Waals surface area (Å²) >= 11 is 6.92.